The monoisotopic (exact) mass is 702 g/mol. The molecule has 0 aliphatic rings. The molecular weight excluding hydrogens is 669 g/mol. The van der Waals surface area contributed by atoms with Gasteiger partial charge in [0.05, 0.1) is 22.6 Å². The number of hydrogen-bond donors (Lipinski definition) is 0. The molecule has 0 radical (unpaired) electrons. The van der Waals surface area contributed by atoms with Crippen LogP contribution < -0.4 is 0 Å². The minimum atomic E-state index is 0.708. The van der Waals surface area contributed by atoms with Gasteiger partial charge in [-0.2, -0.15) is 5.10 Å². The Morgan fingerprint density at radius 3 is 1.42 bits per heavy atom. The molecule has 7 aromatic carbocycles. The van der Waals surface area contributed by atoms with Gasteiger partial charge in [0, 0.05) is 38.8 Å². The van der Waals surface area contributed by atoms with Crippen LogP contribution in [0.25, 0.3) is 95.0 Å². The van der Waals surface area contributed by atoms with E-state index < -0.39 is 0 Å². The molecule has 10 aromatic rings. The van der Waals surface area contributed by atoms with Crippen LogP contribution in [-0.2, 0) is 0 Å². The Balaban J connectivity index is 1.14. The Morgan fingerprint density at radius 1 is 0.345 bits per heavy atom. The first-order chi connectivity index (χ1) is 27.3. The molecule has 0 unspecified atom stereocenters. The summed E-state index contributed by atoms with van der Waals surface area (Å²) in [5.74, 6) is 0.708. The predicted octanol–water partition coefficient (Wildman–Crippen LogP) is 12.9. The zero-order valence-electron chi connectivity index (χ0n) is 29.9. The van der Waals surface area contributed by atoms with Gasteiger partial charge >= 0.3 is 0 Å². The van der Waals surface area contributed by atoms with Gasteiger partial charge < -0.3 is 0 Å². The van der Waals surface area contributed by atoms with E-state index in [0.717, 1.165) is 89.1 Å². The van der Waals surface area contributed by atoms with E-state index in [9.17, 15) is 0 Å². The molecule has 3 heterocycles. The summed E-state index contributed by atoms with van der Waals surface area (Å²) in [4.78, 5) is 10.0. The Kier molecular flexibility index (Phi) is 8.12. The van der Waals surface area contributed by atoms with E-state index in [1.165, 1.54) is 0 Å². The molecule has 0 fully saturated rings. The van der Waals surface area contributed by atoms with E-state index in [1.807, 2.05) is 36.4 Å². The average Bonchev–Trinajstić information content (AvgIpc) is 3.69. The van der Waals surface area contributed by atoms with Crippen LogP contribution in [0.4, 0.5) is 0 Å². The lowest BCUT2D eigenvalue weighted by atomic mass is 9.94. The minimum Gasteiger partial charge on any atom is -0.231 e. The van der Waals surface area contributed by atoms with Crippen molar-refractivity contribution in [3.05, 3.63) is 206 Å². The maximum absolute atomic E-state index is 5.40. The highest BCUT2D eigenvalue weighted by Crippen LogP contribution is 2.42. The second-order valence-electron chi connectivity index (χ2n) is 13.7. The lowest BCUT2D eigenvalue weighted by molar-refractivity contribution is 0.979. The van der Waals surface area contributed by atoms with Gasteiger partial charge in [0.1, 0.15) is 5.69 Å². The van der Waals surface area contributed by atoms with E-state index in [0.29, 0.717) is 5.82 Å². The molecule has 4 heteroatoms. The zero-order valence-corrected chi connectivity index (χ0v) is 29.9. The predicted molar refractivity (Wildman–Crippen MR) is 226 cm³/mol. The number of aromatic nitrogens is 4. The number of nitrogens with zero attached hydrogens (tertiary/aromatic N) is 4. The standard InChI is InChI=1S/C51H34N4/c1-6-16-36(17-7-1)45-34-46(53-51(52-45)41-24-14-5-15-25-41)37-28-26-35(27-29-37)42-30-31-43-33-47(38-18-8-2-9-19-38)55-50(44(43)32-42)48(39-20-10-3-11-21-39)49(54-55)40-22-12-4-13-23-40/h1-34H. The molecule has 4 nitrogen and oxygen atoms in total. The van der Waals surface area contributed by atoms with Gasteiger partial charge in [-0.05, 0) is 40.3 Å². The summed E-state index contributed by atoms with van der Waals surface area (Å²) in [6.07, 6.45) is 0. The van der Waals surface area contributed by atoms with Crippen LogP contribution in [-0.4, -0.2) is 19.6 Å². The van der Waals surface area contributed by atoms with Gasteiger partial charge in [-0.1, -0.05) is 188 Å². The third-order valence-corrected chi connectivity index (χ3v) is 10.2. The molecule has 3 aromatic heterocycles. The van der Waals surface area contributed by atoms with Crippen LogP contribution in [0.1, 0.15) is 0 Å². The number of rotatable bonds is 7. The SMILES string of the molecule is c1ccc(-c2cc(-c3ccc(-c4ccc5cc(-c6ccccc6)n6nc(-c7ccccc7)c(-c7ccccc7)c6c5c4)cc3)nc(-c3ccccc3)n2)cc1. The van der Waals surface area contributed by atoms with Crippen molar-refractivity contribution >= 4 is 16.3 Å². The van der Waals surface area contributed by atoms with E-state index in [1.54, 1.807) is 0 Å². The largest absolute Gasteiger partial charge is 0.231 e. The van der Waals surface area contributed by atoms with Gasteiger partial charge in [0.15, 0.2) is 5.82 Å². The molecular formula is C51H34N4. The van der Waals surface area contributed by atoms with Crippen LogP contribution >= 0.6 is 0 Å². The van der Waals surface area contributed by atoms with Crippen LogP contribution in [0.15, 0.2) is 206 Å². The van der Waals surface area contributed by atoms with E-state index >= 15 is 0 Å². The van der Waals surface area contributed by atoms with Crippen molar-refractivity contribution in [1.29, 1.82) is 0 Å². The van der Waals surface area contributed by atoms with Crippen LogP contribution in [0.5, 0.6) is 0 Å². The summed E-state index contributed by atoms with van der Waals surface area (Å²) >= 11 is 0. The fraction of sp³-hybridized carbons (Fsp3) is 0. The number of pyridine rings is 1. The summed E-state index contributed by atoms with van der Waals surface area (Å²) in [6.45, 7) is 0. The van der Waals surface area contributed by atoms with Crippen molar-refractivity contribution < 1.29 is 0 Å². The first-order valence-corrected chi connectivity index (χ1v) is 18.5. The Labute approximate surface area is 319 Å². The van der Waals surface area contributed by atoms with E-state index in [2.05, 4.69) is 174 Å². The molecule has 0 saturated heterocycles. The van der Waals surface area contributed by atoms with Crippen LogP contribution in [0, 0.1) is 0 Å². The minimum absolute atomic E-state index is 0.708. The highest BCUT2D eigenvalue weighted by Gasteiger charge is 2.22. The lowest BCUT2D eigenvalue weighted by Crippen LogP contribution is -1.96. The van der Waals surface area contributed by atoms with Crippen molar-refractivity contribution in [1.82, 2.24) is 19.6 Å². The highest BCUT2D eigenvalue weighted by atomic mass is 15.2. The molecule has 10 rings (SSSR count). The first kappa shape index (κ1) is 32.2. The molecule has 0 spiro atoms. The fourth-order valence-electron chi connectivity index (χ4n) is 7.51. The molecule has 0 bridgehead atoms. The summed E-state index contributed by atoms with van der Waals surface area (Å²) in [7, 11) is 0. The van der Waals surface area contributed by atoms with Gasteiger partial charge in [-0.3, -0.25) is 0 Å². The first-order valence-electron chi connectivity index (χ1n) is 18.5. The van der Waals surface area contributed by atoms with Crippen molar-refractivity contribution in [3.8, 4) is 78.7 Å². The Hall–Kier alpha value is -7.43. The van der Waals surface area contributed by atoms with E-state index in [4.69, 9.17) is 15.1 Å². The second-order valence-corrected chi connectivity index (χ2v) is 13.7. The zero-order chi connectivity index (χ0) is 36.6. The summed E-state index contributed by atoms with van der Waals surface area (Å²) in [5.41, 5.74) is 14.7. The van der Waals surface area contributed by atoms with Crippen LogP contribution in [0.2, 0.25) is 0 Å². The molecule has 55 heavy (non-hydrogen) atoms. The summed E-state index contributed by atoms with van der Waals surface area (Å²) < 4.78 is 2.15. The van der Waals surface area contributed by atoms with Crippen molar-refractivity contribution in [2.24, 2.45) is 0 Å². The molecule has 0 amide bonds. The highest BCUT2D eigenvalue weighted by molar-refractivity contribution is 6.09. The quantitative estimate of drug-likeness (QED) is 0.166. The third kappa shape index (κ3) is 6.06. The maximum atomic E-state index is 5.40. The Bertz CT molecular complexity index is 2870. The topological polar surface area (TPSA) is 43.1 Å². The number of fused-ring (bicyclic) bond motifs is 3. The van der Waals surface area contributed by atoms with E-state index in [-0.39, 0.29) is 0 Å². The number of hydrogen-bond acceptors (Lipinski definition) is 3. The number of benzene rings is 7. The third-order valence-electron chi connectivity index (χ3n) is 10.2. The maximum Gasteiger partial charge on any atom is 0.160 e. The summed E-state index contributed by atoms with van der Waals surface area (Å²) in [5, 5.41) is 7.70. The van der Waals surface area contributed by atoms with Gasteiger partial charge in [0.2, 0.25) is 0 Å². The Morgan fingerprint density at radius 2 is 0.818 bits per heavy atom. The van der Waals surface area contributed by atoms with Crippen molar-refractivity contribution in [2.75, 3.05) is 0 Å². The van der Waals surface area contributed by atoms with Crippen molar-refractivity contribution in [3.63, 3.8) is 0 Å². The fourth-order valence-corrected chi connectivity index (χ4v) is 7.51. The second kappa shape index (κ2) is 13.8. The van der Waals surface area contributed by atoms with Gasteiger partial charge in [-0.25, -0.2) is 14.5 Å². The molecule has 0 aliphatic carbocycles. The molecule has 0 saturated carbocycles. The molecule has 258 valence electrons. The van der Waals surface area contributed by atoms with Crippen LogP contribution in [0.3, 0.4) is 0 Å². The normalized spacial score (nSPS) is 11.3. The van der Waals surface area contributed by atoms with Gasteiger partial charge in [-0.15, -0.1) is 0 Å². The molecule has 0 aliphatic heterocycles. The smallest absolute Gasteiger partial charge is 0.160 e. The average molecular weight is 703 g/mol. The molecule has 0 N–H and O–H groups in total. The molecule has 0 atom stereocenters. The summed E-state index contributed by atoms with van der Waals surface area (Å²) in [6, 6.07) is 72.1. The van der Waals surface area contributed by atoms with Crippen molar-refractivity contribution in [2.45, 2.75) is 0 Å². The van der Waals surface area contributed by atoms with Gasteiger partial charge in [0.25, 0.3) is 0 Å². The lowest BCUT2D eigenvalue weighted by Gasteiger charge is -2.13.